The van der Waals surface area contributed by atoms with Crippen LogP contribution in [0, 0.1) is 0 Å². The molecule has 0 radical (unpaired) electrons. The summed E-state index contributed by atoms with van der Waals surface area (Å²) in [7, 11) is 8.79. The van der Waals surface area contributed by atoms with Crippen molar-refractivity contribution >= 4 is 29.9 Å². The number of hydrogen-bond acceptors (Lipinski definition) is 4. The van der Waals surface area contributed by atoms with Gasteiger partial charge in [-0.1, -0.05) is 12.1 Å². The monoisotopic (exact) mass is 499 g/mol. The van der Waals surface area contributed by atoms with Crippen molar-refractivity contribution in [2.24, 2.45) is 4.99 Å². The van der Waals surface area contributed by atoms with Gasteiger partial charge in [-0.3, -0.25) is 4.99 Å². The van der Waals surface area contributed by atoms with Crippen LogP contribution >= 0.6 is 24.0 Å². The molecule has 0 aliphatic rings. The smallest absolute Gasteiger partial charge is 0.193 e. The summed E-state index contributed by atoms with van der Waals surface area (Å²) in [5.74, 6) is 3.28. The third kappa shape index (κ3) is 6.78. The Kier molecular flexibility index (Phi) is 10.5. The zero-order valence-electron chi connectivity index (χ0n) is 17.2. The Morgan fingerprint density at radius 1 is 0.964 bits per heavy atom. The molecule has 0 bridgehead atoms. The van der Waals surface area contributed by atoms with E-state index >= 15 is 0 Å². The lowest BCUT2D eigenvalue weighted by atomic mass is 10.1. The van der Waals surface area contributed by atoms with Gasteiger partial charge in [0.15, 0.2) is 5.96 Å². The summed E-state index contributed by atoms with van der Waals surface area (Å²) in [5.41, 5.74) is 2.32. The van der Waals surface area contributed by atoms with Gasteiger partial charge in [-0.15, -0.1) is 24.0 Å². The molecule has 6 nitrogen and oxygen atoms in total. The number of benzene rings is 2. The minimum Gasteiger partial charge on any atom is -0.497 e. The van der Waals surface area contributed by atoms with Crippen LogP contribution in [0.3, 0.4) is 0 Å². The number of nitrogens with one attached hydrogen (secondary N) is 1. The minimum absolute atomic E-state index is 0. The molecule has 154 valence electrons. The van der Waals surface area contributed by atoms with Gasteiger partial charge in [0.2, 0.25) is 0 Å². The standard InChI is InChI=1S/C21H29N3O3.HI/c1-22-21(23-13-12-16-6-9-18(25-3)10-7-16)24(2)15-17-8-11-19(26-4)14-20(17)27-5;/h6-11,14H,12-13,15H2,1-5H3,(H,22,23);1H. The molecule has 2 aromatic rings. The van der Waals surface area contributed by atoms with Gasteiger partial charge in [0.25, 0.3) is 0 Å². The number of ether oxygens (including phenoxy) is 3. The van der Waals surface area contributed by atoms with Gasteiger partial charge in [0, 0.05) is 38.8 Å². The van der Waals surface area contributed by atoms with E-state index in [1.807, 2.05) is 37.4 Å². The van der Waals surface area contributed by atoms with Crippen molar-refractivity contribution < 1.29 is 14.2 Å². The van der Waals surface area contributed by atoms with E-state index in [2.05, 4.69) is 27.3 Å². The maximum absolute atomic E-state index is 5.48. The lowest BCUT2D eigenvalue weighted by molar-refractivity contribution is 0.382. The van der Waals surface area contributed by atoms with E-state index in [4.69, 9.17) is 14.2 Å². The number of halogens is 1. The van der Waals surface area contributed by atoms with Crippen LogP contribution in [-0.2, 0) is 13.0 Å². The van der Waals surface area contributed by atoms with Gasteiger partial charge in [-0.2, -0.15) is 0 Å². The van der Waals surface area contributed by atoms with E-state index in [0.717, 1.165) is 41.7 Å². The number of rotatable bonds is 8. The van der Waals surface area contributed by atoms with Crippen molar-refractivity contribution in [3.05, 3.63) is 53.6 Å². The van der Waals surface area contributed by atoms with Crippen LogP contribution in [0.15, 0.2) is 47.5 Å². The molecule has 1 N–H and O–H groups in total. The molecule has 0 amide bonds. The highest BCUT2D eigenvalue weighted by molar-refractivity contribution is 14.0. The van der Waals surface area contributed by atoms with E-state index in [9.17, 15) is 0 Å². The molecule has 0 fully saturated rings. The van der Waals surface area contributed by atoms with Crippen LogP contribution in [0.25, 0.3) is 0 Å². The topological polar surface area (TPSA) is 55.3 Å². The Balaban J connectivity index is 0.00000392. The molecule has 0 atom stereocenters. The number of aliphatic imine (C=N–C) groups is 1. The van der Waals surface area contributed by atoms with Gasteiger partial charge in [0.1, 0.15) is 17.2 Å². The normalized spacial score (nSPS) is 10.7. The Hall–Kier alpha value is -2.16. The van der Waals surface area contributed by atoms with Crippen LogP contribution in [0.1, 0.15) is 11.1 Å². The second-order valence-electron chi connectivity index (χ2n) is 6.11. The molecule has 0 aliphatic carbocycles. The average Bonchev–Trinajstić information content (AvgIpc) is 2.71. The Morgan fingerprint density at radius 2 is 1.61 bits per heavy atom. The van der Waals surface area contributed by atoms with E-state index in [-0.39, 0.29) is 24.0 Å². The minimum atomic E-state index is 0. The molecule has 2 rings (SSSR count). The first-order chi connectivity index (χ1) is 13.1. The van der Waals surface area contributed by atoms with Gasteiger partial charge < -0.3 is 24.4 Å². The van der Waals surface area contributed by atoms with Crippen molar-refractivity contribution in [3.63, 3.8) is 0 Å². The van der Waals surface area contributed by atoms with Crippen molar-refractivity contribution in [1.82, 2.24) is 10.2 Å². The second-order valence-corrected chi connectivity index (χ2v) is 6.11. The molecule has 0 aromatic heterocycles. The summed E-state index contributed by atoms with van der Waals surface area (Å²) >= 11 is 0. The second kappa shape index (κ2) is 12.3. The quantitative estimate of drug-likeness (QED) is 0.342. The SMILES string of the molecule is CN=C(NCCc1ccc(OC)cc1)N(C)Cc1ccc(OC)cc1OC.I. The highest BCUT2D eigenvalue weighted by Crippen LogP contribution is 2.25. The molecule has 2 aromatic carbocycles. The van der Waals surface area contributed by atoms with Crippen LogP contribution in [-0.4, -0.2) is 52.8 Å². The maximum atomic E-state index is 5.48. The fourth-order valence-electron chi connectivity index (χ4n) is 2.81. The summed E-state index contributed by atoms with van der Waals surface area (Å²) in [4.78, 5) is 6.45. The van der Waals surface area contributed by atoms with Crippen LogP contribution in [0.4, 0.5) is 0 Å². The predicted molar refractivity (Wildman–Crippen MR) is 124 cm³/mol. The molecular formula is C21H30IN3O3. The molecule has 0 saturated carbocycles. The molecule has 7 heteroatoms. The fraction of sp³-hybridized carbons (Fsp3) is 0.381. The van der Waals surface area contributed by atoms with E-state index < -0.39 is 0 Å². The lowest BCUT2D eigenvalue weighted by Gasteiger charge is -2.23. The van der Waals surface area contributed by atoms with E-state index in [0.29, 0.717) is 6.54 Å². The highest BCUT2D eigenvalue weighted by Gasteiger charge is 2.11. The van der Waals surface area contributed by atoms with Crippen LogP contribution < -0.4 is 19.5 Å². The maximum Gasteiger partial charge on any atom is 0.193 e. The average molecular weight is 499 g/mol. The summed E-state index contributed by atoms with van der Waals surface area (Å²) in [6.07, 6.45) is 0.905. The van der Waals surface area contributed by atoms with Gasteiger partial charge in [-0.05, 0) is 36.2 Å². The predicted octanol–water partition coefficient (Wildman–Crippen LogP) is 3.58. The zero-order valence-corrected chi connectivity index (χ0v) is 19.5. The molecule has 0 aliphatic heterocycles. The van der Waals surface area contributed by atoms with Crippen molar-refractivity contribution in [1.29, 1.82) is 0 Å². The van der Waals surface area contributed by atoms with E-state index in [1.54, 1.807) is 28.4 Å². The lowest BCUT2D eigenvalue weighted by Crippen LogP contribution is -2.39. The third-order valence-electron chi connectivity index (χ3n) is 4.33. The molecular weight excluding hydrogens is 469 g/mol. The summed E-state index contributed by atoms with van der Waals surface area (Å²) in [5, 5.41) is 3.41. The highest BCUT2D eigenvalue weighted by atomic mass is 127. The van der Waals surface area contributed by atoms with Crippen molar-refractivity contribution in [3.8, 4) is 17.2 Å². The Morgan fingerprint density at radius 3 is 2.18 bits per heavy atom. The summed E-state index contributed by atoms with van der Waals surface area (Å²) < 4.78 is 15.9. The Bertz CT molecular complexity index is 751. The largest absolute Gasteiger partial charge is 0.497 e. The van der Waals surface area contributed by atoms with Gasteiger partial charge in [-0.25, -0.2) is 0 Å². The van der Waals surface area contributed by atoms with Gasteiger partial charge in [0.05, 0.1) is 21.3 Å². The molecule has 0 spiro atoms. The first-order valence-electron chi connectivity index (χ1n) is 8.87. The molecule has 0 saturated heterocycles. The van der Waals surface area contributed by atoms with E-state index in [1.165, 1.54) is 5.56 Å². The first-order valence-corrected chi connectivity index (χ1v) is 8.87. The molecule has 0 unspecified atom stereocenters. The summed E-state index contributed by atoms with van der Waals surface area (Å²) in [6.45, 7) is 1.47. The van der Waals surface area contributed by atoms with Crippen molar-refractivity contribution in [2.45, 2.75) is 13.0 Å². The number of nitrogens with zero attached hydrogens (tertiary/aromatic N) is 2. The third-order valence-corrected chi connectivity index (χ3v) is 4.33. The number of guanidine groups is 1. The molecule has 28 heavy (non-hydrogen) atoms. The summed E-state index contributed by atoms with van der Waals surface area (Å²) in [6, 6.07) is 14.0. The number of hydrogen-bond donors (Lipinski definition) is 1. The fourth-order valence-corrected chi connectivity index (χ4v) is 2.81. The number of methoxy groups -OCH3 is 3. The first kappa shape index (κ1) is 23.9. The van der Waals surface area contributed by atoms with Crippen LogP contribution in [0.2, 0.25) is 0 Å². The van der Waals surface area contributed by atoms with Crippen molar-refractivity contribution in [2.75, 3.05) is 42.0 Å². The Labute approximate surface area is 184 Å². The van der Waals surface area contributed by atoms with Crippen LogP contribution in [0.5, 0.6) is 17.2 Å². The zero-order chi connectivity index (χ0) is 19.6. The van der Waals surface area contributed by atoms with Gasteiger partial charge >= 0.3 is 0 Å². The molecule has 0 heterocycles.